The zero-order valence-corrected chi connectivity index (χ0v) is 16.6. The van der Waals surface area contributed by atoms with Crippen LogP contribution in [-0.2, 0) is 4.79 Å². The number of ether oxygens (including phenoxy) is 2. The molecule has 1 fully saturated rings. The number of carbonyl (C=O) groups excluding carboxylic acids is 2. The first-order valence-electron chi connectivity index (χ1n) is 9.44. The van der Waals surface area contributed by atoms with Gasteiger partial charge in [0.15, 0.2) is 0 Å². The minimum absolute atomic E-state index is 0.0537. The van der Waals surface area contributed by atoms with Crippen LogP contribution in [0.1, 0.15) is 17.0 Å². The highest BCUT2D eigenvalue weighted by molar-refractivity contribution is 5.98. The number of rotatable bonds is 6. The van der Waals surface area contributed by atoms with Crippen LogP contribution in [0.25, 0.3) is 11.3 Å². The Hall–Kier alpha value is -3.81. The smallest absolute Gasteiger partial charge is 0.290 e. The molecule has 0 aliphatic carbocycles. The van der Waals surface area contributed by atoms with Crippen LogP contribution in [0, 0.1) is 0 Å². The monoisotopic (exact) mass is 407 g/mol. The lowest BCUT2D eigenvalue weighted by Crippen LogP contribution is -2.37. The van der Waals surface area contributed by atoms with Gasteiger partial charge in [-0.25, -0.2) is 0 Å². The lowest BCUT2D eigenvalue weighted by molar-refractivity contribution is -0.117. The van der Waals surface area contributed by atoms with Crippen molar-refractivity contribution in [3.8, 4) is 22.8 Å². The van der Waals surface area contributed by atoms with E-state index < -0.39 is 5.91 Å². The van der Waals surface area contributed by atoms with Gasteiger partial charge < -0.3 is 24.2 Å². The van der Waals surface area contributed by atoms with Crippen LogP contribution in [0.4, 0.5) is 5.69 Å². The number of aromatic nitrogens is 1. The van der Waals surface area contributed by atoms with E-state index in [1.54, 1.807) is 37.3 Å². The van der Waals surface area contributed by atoms with E-state index in [1.807, 2.05) is 36.4 Å². The second kappa shape index (κ2) is 8.28. The minimum atomic E-state index is -0.406. The Morgan fingerprint density at radius 1 is 1.07 bits per heavy atom. The third kappa shape index (κ3) is 3.98. The van der Waals surface area contributed by atoms with Crippen molar-refractivity contribution < 1.29 is 23.6 Å². The molecule has 4 rings (SSSR count). The molecule has 8 heteroatoms. The van der Waals surface area contributed by atoms with Crippen LogP contribution < -0.4 is 19.7 Å². The highest BCUT2D eigenvalue weighted by atomic mass is 16.5. The summed E-state index contributed by atoms with van der Waals surface area (Å²) in [5.41, 5.74) is 2.12. The van der Waals surface area contributed by atoms with Gasteiger partial charge in [-0.15, -0.1) is 0 Å². The summed E-state index contributed by atoms with van der Waals surface area (Å²) in [5.74, 6) is 1.08. The van der Waals surface area contributed by atoms with Gasteiger partial charge in [-0.05, 0) is 48.5 Å². The SMILES string of the molecule is COc1ccc(-c2cc(C(=O)NC3CC(=O)N(c4ccc(OC)cc4)C3)on2)cc1. The Morgan fingerprint density at radius 2 is 1.70 bits per heavy atom. The normalized spacial score (nSPS) is 15.9. The van der Waals surface area contributed by atoms with Gasteiger partial charge in [0, 0.05) is 30.3 Å². The molecule has 0 bridgehead atoms. The Labute approximate surface area is 173 Å². The van der Waals surface area contributed by atoms with Gasteiger partial charge in [0.05, 0.1) is 20.3 Å². The maximum Gasteiger partial charge on any atom is 0.290 e. The van der Waals surface area contributed by atoms with E-state index in [9.17, 15) is 9.59 Å². The van der Waals surface area contributed by atoms with Crippen molar-refractivity contribution >= 4 is 17.5 Å². The first kappa shape index (κ1) is 19.5. The fourth-order valence-electron chi connectivity index (χ4n) is 3.35. The van der Waals surface area contributed by atoms with E-state index in [4.69, 9.17) is 14.0 Å². The molecule has 0 radical (unpaired) electrons. The summed E-state index contributed by atoms with van der Waals surface area (Å²) in [6, 6.07) is 15.8. The van der Waals surface area contributed by atoms with E-state index in [0.29, 0.717) is 18.0 Å². The molecular formula is C22H21N3O5. The first-order chi connectivity index (χ1) is 14.6. The van der Waals surface area contributed by atoms with Crippen molar-refractivity contribution in [2.75, 3.05) is 25.7 Å². The summed E-state index contributed by atoms with van der Waals surface area (Å²) in [6.07, 6.45) is 0.219. The Balaban J connectivity index is 1.40. The molecule has 1 atom stereocenters. The van der Waals surface area contributed by atoms with Gasteiger partial charge >= 0.3 is 0 Å². The van der Waals surface area contributed by atoms with Crippen molar-refractivity contribution in [2.24, 2.45) is 0 Å². The molecule has 2 aromatic carbocycles. The molecular weight excluding hydrogens is 386 g/mol. The molecule has 0 spiro atoms. The number of anilines is 1. The molecule has 0 saturated carbocycles. The van der Waals surface area contributed by atoms with Crippen molar-refractivity contribution in [1.29, 1.82) is 0 Å². The third-order valence-corrected chi connectivity index (χ3v) is 4.96. The predicted octanol–water partition coefficient (Wildman–Crippen LogP) is 2.89. The van der Waals surface area contributed by atoms with Gasteiger partial charge in [0.1, 0.15) is 17.2 Å². The third-order valence-electron chi connectivity index (χ3n) is 4.96. The van der Waals surface area contributed by atoms with Gasteiger partial charge in [0.25, 0.3) is 5.91 Å². The second-order valence-electron chi connectivity index (χ2n) is 6.88. The molecule has 1 saturated heterocycles. The number of methoxy groups -OCH3 is 2. The van der Waals surface area contributed by atoms with Crippen LogP contribution in [-0.4, -0.2) is 43.8 Å². The Kier molecular flexibility index (Phi) is 5.38. The maximum atomic E-state index is 12.6. The van der Waals surface area contributed by atoms with Gasteiger partial charge in [0.2, 0.25) is 11.7 Å². The molecule has 1 N–H and O–H groups in total. The molecule has 1 aliphatic heterocycles. The standard InChI is InChI=1S/C22H21N3O5/c1-28-17-7-3-14(4-8-17)19-12-20(30-24-19)22(27)23-15-11-21(26)25(13-15)16-5-9-18(29-2)10-6-16/h3-10,12,15H,11,13H2,1-2H3,(H,23,27). The minimum Gasteiger partial charge on any atom is -0.497 e. The zero-order chi connectivity index (χ0) is 21.1. The summed E-state index contributed by atoms with van der Waals surface area (Å²) < 4.78 is 15.5. The molecule has 1 aliphatic rings. The Bertz CT molecular complexity index is 1040. The number of nitrogens with zero attached hydrogens (tertiary/aromatic N) is 2. The van der Waals surface area contributed by atoms with E-state index in [2.05, 4.69) is 10.5 Å². The van der Waals surface area contributed by atoms with Crippen molar-refractivity contribution in [2.45, 2.75) is 12.5 Å². The first-order valence-corrected chi connectivity index (χ1v) is 9.44. The van der Waals surface area contributed by atoms with Crippen LogP contribution >= 0.6 is 0 Å². The van der Waals surface area contributed by atoms with Gasteiger partial charge in [-0.2, -0.15) is 0 Å². The lowest BCUT2D eigenvalue weighted by Gasteiger charge is -2.17. The van der Waals surface area contributed by atoms with E-state index in [-0.39, 0.29) is 24.1 Å². The fraction of sp³-hybridized carbons (Fsp3) is 0.227. The van der Waals surface area contributed by atoms with Gasteiger partial charge in [-0.1, -0.05) is 5.16 Å². The Morgan fingerprint density at radius 3 is 2.33 bits per heavy atom. The summed E-state index contributed by atoms with van der Waals surface area (Å²) in [5, 5.41) is 6.82. The van der Waals surface area contributed by atoms with Crippen molar-refractivity contribution in [1.82, 2.24) is 10.5 Å². The summed E-state index contributed by atoms with van der Waals surface area (Å²) in [6.45, 7) is 0.385. The van der Waals surface area contributed by atoms with E-state index in [1.165, 1.54) is 0 Å². The fourth-order valence-corrected chi connectivity index (χ4v) is 3.35. The van der Waals surface area contributed by atoms with Crippen molar-refractivity contribution in [3.63, 3.8) is 0 Å². The molecule has 8 nitrogen and oxygen atoms in total. The molecule has 30 heavy (non-hydrogen) atoms. The molecule has 3 aromatic rings. The number of amides is 2. The number of hydrogen-bond donors (Lipinski definition) is 1. The predicted molar refractivity (Wildman–Crippen MR) is 110 cm³/mol. The number of nitrogens with one attached hydrogen (secondary N) is 1. The van der Waals surface area contributed by atoms with Crippen molar-refractivity contribution in [3.05, 3.63) is 60.4 Å². The molecule has 2 amide bonds. The molecule has 1 unspecified atom stereocenters. The van der Waals surface area contributed by atoms with Crippen LogP contribution in [0.3, 0.4) is 0 Å². The molecule has 2 heterocycles. The van der Waals surface area contributed by atoms with E-state index in [0.717, 1.165) is 17.0 Å². The summed E-state index contributed by atoms with van der Waals surface area (Å²) in [4.78, 5) is 26.6. The largest absolute Gasteiger partial charge is 0.497 e. The topological polar surface area (TPSA) is 93.9 Å². The number of hydrogen-bond acceptors (Lipinski definition) is 6. The molecule has 154 valence electrons. The van der Waals surface area contributed by atoms with E-state index >= 15 is 0 Å². The number of benzene rings is 2. The van der Waals surface area contributed by atoms with Crippen LogP contribution in [0.15, 0.2) is 59.1 Å². The highest BCUT2D eigenvalue weighted by Gasteiger charge is 2.32. The quantitative estimate of drug-likeness (QED) is 0.675. The second-order valence-corrected chi connectivity index (χ2v) is 6.88. The van der Waals surface area contributed by atoms with Crippen LogP contribution in [0.5, 0.6) is 11.5 Å². The highest BCUT2D eigenvalue weighted by Crippen LogP contribution is 2.25. The molecule has 1 aromatic heterocycles. The zero-order valence-electron chi connectivity index (χ0n) is 16.6. The summed E-state index contributed by atoms with van der Waals surface area (Å²) >= 11 is 0. The van der Waals surface area contributed by atoms with Crippen LogP contribution in [0.2, 0.25) is 0 Å². The summed E-state index contributed by atoms with van der Waals surface area (Å²) in [7, 11) is 3.18. The average molecular weight is 407 g/mol. The number of carbonyl (C=O) groups is 2. The lowest BCUT2D eigenvalue weighted by atomic mass is 10.1. The maximum absolute atomic E-state index is 12.6. The van der Waals surface area contributed by atoms with Gasteiger partial charge in [-0.3, -0.25) is 9.59 Å². The average Bonchev–Trinajstić information content (AvgIpc) is 3.41.